The highest BCUT2D eigenvalue weighted by molar-refractivity contribution is 5.78. The van der Waals surface area contributed by atoms with Gasteiger partial charge in [-0.1, -0.05) is 12.1 Å². The fraction of sp³-hybridized carbons (Fsp3) is 0.0625. The minimum absolute atomic E-state index is 0.192. The van der Waals surface area contributed by atoms with Gasteiger partial charge in [-0.05, 0) is 23.8 Å². The minimum atomic E-state index is -1.46. The molecule has 0 aliphatic heterocycles. The zero-order valence-electron chi connectivity index (χ0n) is 10.9. The summed E-state index contributed by atoms with van der Waals surface area (Å²) in [6, 6.07) is 11.3. The van der Waals surface area contributed by atoms with E-state index >= 15 is 0 Å². The fourth-order valence-electron chi connectivity index (χ4n) is 2.10. The number of nitrogens with zero attached hydrogens (tertiary/aromatic N) is 1. The highest BCUT2D eigenvalue weighted by Gasteiger charge is 2.10. The number of aromatic nitrogens is 1. The van der Waals surface area contributed by atoms with Crippen molar-refractivity contribution in [3.63, 3.8) is 0 Å². The van der Waals surface area contributed by atoms with Crippen molar-refractivity contribution in [1.82, 2.24) is 4.98 Å². The molecule has 2 aromatic carbocycles. The van der Waals surface area contributed by atoms with Gasteiger partial charge in [0.1, 0.15) is 0 Å². The Morgan fingerprint density at radius 1 is 0.952 bits per heavy atom. The SMILES string of the molecule is Fc1cc(NCc2ccc3ncccc3c2)cc(F)c1F. The van der Waals surface area contributed by atoms with Crippen LogP contribution in [0.25, 0.3) is 10.9 Å². The van der Waals surface area contributed by atoms with Crippen molar-refractivity contribution in [2.24, 2.45) is 0 Å². The normalized spacial score (nSPS) is 10.8. The average Bonchev–Trinajstić information content (AvgIpc) is 2.50. The largest absolute Gasteiger partial charge is 0.381 e. The highest BCUT2D eigenvalue weighted by atomic mass is 19.2. The van der Waals surface area contributed by atoms with Gasteiger partial charge in [0.15, 0.2) is 17.5 Å². The van der Waals surface area contributed by atoms with E-state index in [4.69, 9.17) is 0 Å². The van der Waals surface area contributed by atoms with Gasteiger partial charge in [-0.3, -0.25) is 4.98 Å². The smallest absolute Gasteiger partial charge is 0.194 e. The van der Waals surface area contributed by atoms with E-state index in [1.54, 1.807) is 6.20 Å². The van der Waals surface area contributed by atoms with E-state index in [0.29, 0.717) is 6.54 Å². The van der Waals surface area contributed by atoms with E-state index in [-0.39, 0.29) is 5.69 Å². The van der Waals surface area contributed by atoms with Crippen LogP contribution in [-0.2, 0) is 6.54 Å². The molecule has 3 aromatic rings. The third-order valence-electron chi connectivity index (χ3n) is 3.15. The van der Waals surface area contributed by atoms with Gasteiger partial charge in [-0.2, -0.15) is 0 Å². The van der Waals surface area contributed by atoms with Crippen LogP contribution < -0.4 is 5.32 Å². The maximum Gasteiger partial charge on any atom is 0.194 e. The second-order valence-electron chi connectivity index (χ2n) is 4.64. The molecule has 0 aliphatic carbocycles. The molecule has 3 rings (SSSR count). The second-order valence-corrected chi connectivity index (χ2v) is 4.64. The molecule has 0 saturated heterocycles. The molecule has 0 atom stereocenters. The summed E-state index contributed by atoms with van der Waals surface area (Å²) in [6.45, 7) is 0.370. The number of hydrogen-bond acceptors (Lipinski definition) is 2. The van der Waals surface area contributed by atoms with E-state index in [9.17, 15) is 13.2 Å². The summed E-state index contributed by atoms with van der Waals surface area (Å²) in [6.07, 6.45) is 1.71. The van der Waals surface area contributed by atoms with Crippen molar-refractivity contribution < 1.29 is 13.2 Å². The first kappa shape index (κ1) is 13.4. The number of fused-ring (bicyclic) bond motifs is 1. The van der Waals surface area contributed by atoms with Crippen molar-refractivity contribution in [2.75, 3.05) is 5.32 Å². The van der Waals surface area contributed by atoms with Crippen LogP contribution in [0, 0.1) is 17.5 Å². The average molecular weight is 288 g/mol. The Balaban J connectivity index is 1.80. The monoisotopic (exact) mass is 288 g/mol. The number of benzene rings is 2. The van der Waals surface area contributed by atoms with Gasteiger partial charge >= 0.3 is 0 Å². The third-order valence-corrected chi connectivity index (χ3v) is 3.15. The molecule has 1 heterocycles. The summed E-state index contributed by atoms with van der Waals surface area (Å²) in [5.41, 5.74) is 2.00. The van der Waals surface area contributed by atoms with Crippen LogP contribution >= 0.6 is 0 Å². The Morgan fingerprint density at radius 3 is 2.48 bits per heavy atom. The highest BCUT2D eigenvalue weighted by Crippen LogP contribution is 2.19. The van der Waals surface area contributed by atoms with E-state index in [1.807, 2.05) is 30.3 Å². The van der Waals surface area contributed by atoms with Crippen LogP contribution in [0.2, 0.25) is 0 Å². The Labute approximate surface area is 119 Å². The maximum atomic E-state index is 13.1. The predicted molar refractivity (Wildman–Crippen MR) is 75.4 cm³/mol. The Bertz CT molecular complexity index is 779. The number of rotatable bonds is 3. The minimum Gasteiger partial charge on any atom is -0.381 e. The fourth-order valence-corrected chi connectivity index (χ4v) is 2.10. The van der Waals surface area contributed by atoms with E-state index < -0.39 is 17.5 Å². The van der Waals surface area contributed by atoms with Crippen molar-refractivity contribution in [1.29, 1.82) is 0 Å². The first-order valence-corrected chi connectivity index (χ1v) is 6.35. The summed E-state index contributed by atoms with van der Waals surface area (Å²) in [5.74, 6) is -3.88. The van der Waals surface area contributed by atoms with Gasteiger partial charge in [0.05, 0.1) is 5.52 Å². The number of halogens is 3. The lowest BCUT2D eigenvalue weighted by Gasteiger charge is -2.08. The number of pyridine rings is 1. The van der Waals surface area contributed by atoms with Gasteiger partial charge in [0.2, 0.25) is 0 Å². The Kier molecular flexibility index (Phi) is 3.48. The van der Waals surface area contributed by atoms with Crippen LogP contribution in [0.4, 0.5) is 18.9 Å². The van der Waals surface area contributed by atoms with Crippen LogP contribution in [0.1, 0.15) is 5.56 Å². The zero-order chi connectivity index (χ0) is 14.8. The maximum absolute atomic E-state index is 13.1. The van der Waals surface area contributed by atoms with Crippen molar-refractivity contribution in [2.45, 2.75) is 6.54 Å². The summed E-state index contributed by atoms with van der Waals surface area (Å²) in [5, 5.41) is 3.85. The molecule has 0 bridgehead atoms. The van der Waals surface area contributed by atoms with E-state index in [2.05, 4.69) is 10.3 Å². The van der Waals surface area contributed by atoms with Crippen molar-refractivity contribution in [3.05, 3.63) is 71.7 Å². The molecule has 0 aliphatic rings. The summed E-state index contributed by atoms with van der Waals surface area (Å²) in [7, 11) is 0. The number of hydrogen-bond donors (Lipinski definition) is 1. The second kappa shape index (κ2) is 5.44. The molecule has 21 heavy (non-hydrogen) atoms. The first-order chi connectivity index (χ1) is 10.1. The molecule has 0 unspecified atom stereocenters. The molecular formula is C16H11F3N2. The summed E-state index contributed by atoms with van der Waals surface area (Å²) < 4.78 is 39.1. The van der Waals surface area contributed by atoms with Crippen LogP contribution in [0.5, 0.6) is 0 Å². The lowest BCUT2D eigenvalue weighted by Crippen LogP contribution is -2.02. The van der Waals surface area contributed by atoms with E-state index in [1.165, 1.54) is 0 Å². The molecular weight excluding hydrogens is 277 g/mol. The molecule has 1 N–H and O–H groups in total. The van der Waals surface area contributed by atoms with Crippen LogP contribution in [0.15, 0.2) is 48.7 Å². The quantitative estimate of drug-likeness (QED) is 0.728. The molecule has 106 valence electrons. The third kappa shape index (κ3) is 2.81. The number of anilines is 1. The lowest BCUT2D eigenvalue weighted by atomic mass is 10.1. The summed E-state index contributed by atoms with van der Waals surface area (Å²) >= 11 is 0. The van der Waals surface area contributed by atoms with Crippen molar-refractivity contribution in [3.8, 4) is 0 Å². The van der Waals surface area contributed by atoms with Gasteiger partial charge in [-0.15, -0.1) is 0 Å². The molecule has 0 fully saturated rings. The zero-order valence-corrected chi connectivity index (χ0v) is 10.9. The molecule has 0 amide bonds. The van der Waals surface area contributed by atoms with Gasteiger partial charge in [-0.25, -0.2) is 13.2 Å². The predicted octanol–water partition coefficient (Wildman–Crippen LogP) is 4.26. The van der Waals surface area contributed by atoms with E-state index in [0.717, 1.165) is 28.6 Å². The standard InChI is InChI=1S/C16H11F3N2/c17-13-7-12(8-14(18)16(13)19)21-9-10-3-4-15-11(6-10)2-1-5-20-15/h1-8,21H,9H2. The molecule has 0 radical (unpaired) electrons. The lowest BCUT2D eigenvalue weighted by molar-refractivity contribution is 0.447. The first-order valence-electron chi connectivity index (χ1n) is 6.35. The Morgan fingerprint density at radius 2 is 1.71 bits per heavy atom. The van der Waals surface area contributed by atoms with Gasteiger partial charge < -0.3 is 5.32 Å². The van der Waals surface area contributed by atoms with Gasteiger partial charge in [0.25, 0.3) is 0 Å². The molecule has 5 heteroatoms. The molecule has 1 aromatic heterocycles. The van der Waals surface area contributed by atoms with Crippen LogP contribution in [0.3, 0.4) is 0 Å². The number of nitrogens with one attached hydrogen (secondary N) is 1. The topological polar surface area (TPSA) is 24.9 Å². The van der Waals surface area contributed by atoms with Crippen LogP contribution in [-0.4, -0.2) is 4.98 Å². The van der Waals surface area contributed by atoms with Crippen molar-refractivity contribution >= 4 is 16.6 Å². The molecule has 0 spiro atoms. The summed E-state index contributed by atoms with van der Waals surface area (Å²) in [4.78, 5) is 4.21. The van der Waals surface area contributed by atoms with Gasteiger partial charge in [0, 0.05) is 35.9 Å². The molecule has 2 nitrogen and oxygen atoms in total. The molecule has 0 saturated carbocycles. The Hall–Kier alpha value is -2.56.